The molecule has 1 rings (SSSR count). The number of nitrogens with zero attached hydrogens (tertiary/aromatic N) is 1. The number of carbonyl (C=O) groups is 2. The topological polar surface area (TPSA) is 92.8 Å². The molecule has 8 heteroatoms. The molecule has 0 saturated carbocycles. The van der Waals surface area contributed by atoms with Gasteiger partial charge in [-0.3, -0.25) is 4.79 Å². The molecule has 1 aliphatic rings. The maximum absolute atomic E-state index is 11.7. The van der Waals surface area contributed by atoms with E-state index < -0.39 is 15.9 Å². The Hall–Kier alpha value is -1.31. The quantitative estimate of drug-likeness (QED) is 0.739. The summed E-state index contributed by atoms with van der Waals surface area (Å²) in [7, 11) is -1.48. The van der Waals surface area contributed by atoms with Crippen molar-refractivity contribution in [2.75, 3.05) is 31.7 Å². The molecular formula is C10H18N2O5S. The number of rotatable bonds is 4. The Labute approximate surface area is 106 Å². The highest BCUT2D eigenvalue weighted by atomic mass is 32.2. The Balaban J connectivity index is 2.40. The molecule has 104 valence electrons. The van der Waals surface area contributed by atoms with E-state index in [1.54, 1.807) is 14.0 Å². The molecule has 18 heavy (non-hydrogen) atoms. The van der Waals surface area contributed by atoms with Crippen LogP contribution in [0.2, 0.25) is 0 Å². The van der Waals surface area contributed by atoms with Crippen LogP contribution < -0.4 is 5.32 Å². The first-order valence-corrected chi connectivity index (χ1v) is 7.54. The van der Waals surface area contributed by atoms with Crippen molar-refractivity contribution in [1.82, 2.24) is 10.2 Å². The predicted molar refractivity (Wildman–Crippen MR) is 64.9 cm³/mol. The summed E-state index contributed by atoms with van der Waals surface area (Å²) in [6.45, 7) is 1.71. The first-order chi connectivity index (χ1) is 8.35. The first-order valence-electron chi connectivity index (χ1n) is 5.72. The molecule has 0 radical (unpaired) electrons. The van der Waals surface area contributed by atoms with Gasteiger partial charge in [0.1, 0.15) is 6.54 Å². The van der Waals surface area contributed by atoms with E-state index >= 15 is 0 Å². The standard InChI is InChI=1S/C10H18N2O5S/c1-3-17-10(14)11-6-9(13)12(2)8-4-5-18(15,16)7-8/h8H,3-7H2,1-2H3,(H,11,14). The summed E-state index contributed by atoms with van der Waals surface area (Å²) in [5.74, 6) is -0.222. The minimum atomic E-state index is -3.02. The summed E-state index contributed by atoms with van der Waals surface area (Å²) in [4.78, 5) is 24.1. The Morgan fingerprint density at radius 2 is 2.11 bits per heavy atom. The van der Waals surface area contributed by atoms with E-state index in [9.17, 15) is 18.0 Å². The zero-order valence-electron chi connectivity index (χ0n) is 10.5. The van der Waals surface area contributed by atoms with Crippen LogP contribution in [0, 0.1) is 0 Å². The molecule has 7 nitrogen and oxygen atoms in total. The fourth-order valence-corrected chi connectivity index (χ4v) is 3.51. The molecule has 0 aromatic rings. The third kappa shape index (κ3) is 4.17. The van der Waals surface area contributed by atoms with Crippen LogP contribution in [0.15, 0.2) is 0 Å². The van der Waals surface area contributed by atoms with Crippen LogP contribution in [0.3, 0.4) is 0 Å². The number of likely N-dealkylation sites (N-methyl/N-ethyl adjacent to an activating group) is 1. The maximum Gasteiger partial charge on any atom is 0.407 e. The van der Waals surface area contributed by atoms with E-state index in [2.05, 4.69) is 10.1 Å². The fraction of sp³-hybridized carbons (Fsp3) is 0.800. The molecule has 0 spiro atoms. The van der Waals surface area contributed by atoms with E-state index in [1.165, 1.54) is 4.90 Å². The molecule has 2 amide bonds. The van der Waals surface area contributed by atoms with E-state index in [4.69, 9.17) is 0 Å². The zero-order valence-corrected chi connectivity index (χ0v) is 11.3. The third-order valence-corrected chi connectivity index (χ3v) is 4.56. The summed E-state index contributed by atoms with van der Waals surface area (Å²) < 4.78 is 27.2. The molecule has 0 aromatic heterocycles. The number of alkyl carbamates (subject to hydrolysis) is 1. The van der Waals surface area contributed by atoms with Crippen LogP contribution in [0.25, 0.3) is 0 Å². The van der Waals surface area contributed by atoms with Gasteiger partial charge in [0.05, 0.1) is 18.1 Å². The Morgan fingerprint density at radius 3 is 2.61 bits per heavy atom. The highest BCUT2D eigenvalue weighted by Crippen LogP contribution is 2.16. The second kappa shape index (κ2) is 6.03. The molecule has 1 N–H and O–H groups in total. The van der Waals surface area contributed by atoms with Crippen molar-refractivity contribution >= 4 is 21.8 Å². The van der Waals surface area contributed by atoms with Crippen LogP contribution in [0.4, 0.5) is 4.79 Å². The van der Waals surface area contributed by atoms with Gasteiger partial charge in [-0.15, -0.1) is 0 Å². The lowest BCUT2D eigenvalue weighted by atomic mass is 10.2. The summed E-state index contributed by atoms with van der Waals surface area (Å²) in [6, 6.07) is -0.300. The highest BCUT2D eigenvalue weighted by Gasteiger charge is 2.32. The van der Waals surface area contributed by atoms with Crippen LogP contribution >= 0.6 is 0 Å². The molecule has 1 saturated heterocycles. The fourth-order valence-electron chi connectivity index (χ4n) is 1.74. The Bertz CT molecular complexity index is 420. The van der Waals surface area contributed by atoms with Gasteiger partial charge in [0.25, 0.3) is 0 Å². The van der Waals surface area contributed by atoms with Crippen molar-refractivity contribution in [1.29, 1.82) is 0 Å². The summed E-state index contributed by atoms with van der Waals surface area (Å²) in [5.41, 5.74) is 0. The van der Waals surface area contributed by atoms with Crippen LogP contribution in [-0.2, 0) is 19.4 Å². The average molecular weight is 278 g/mol. The molecule has 0 aromatic carbocycles. The maximum atomic E-state index is 11.7. The van der Waals surface area contributed by atoms with E-state index in [1.807, 2.05) is 0 Å². The number of amides is 2. The predicted octanol–water partition coefficient (Wildman–Crippen LogP) is -0.622. The van der Waals surface area contributed by atoms with Crippen molar-refractivity contribution in [3.05, 3.63) is 0 Å². The van der Waals surface area contributed by atoms with E-state index in [0.717, 1.165) is 0 Å². The third-order valence-electron chi connectivity index (χ3n) is 2.81. The lowest BCUT2D eigenvalue weighted by Crippen LogP contribution is -2.43. The molecule has 0 bridgehead atoms. The van der Waals surface area contributed by atoms with Crippen LogP contribution in [0.1, 0.15) is 13.3 Å². The zero-order chi connectivity index (χ0) is 13.8. The molecular weight excluding hydrogens is 260 g/mol. The average Bonchev–Trinajstić information content (AvgIpc) is 2.66. The van der Waals surface area contributed by atoms with E-state index in [-0.39, 0.29) is 36.6 Å². The lowest BCUT2D eigenvalue weighted by Gasteiger charge is -2.23. The number of hydrogen-bond donors (Lipinski definition) is 1. The summed E-state index contributed by atoms with van der Waals surface area (Å²) in [6.07, 6.45) is -0.206. The van der Waals surface area contributed by atoms with Gasteiger partial charge in [0.2, 0.25) is 5.91 Å². The number of ether oxygens (including phenoxy) is 1. The van der Waals surface area contributed by atoms with Gasteiger partial charge in [-0.1, -0.05) is 0 Å². The molecule has 1 atom stereocenters. The molecule has 1 heterocycles. The monoisotopic (exact) mass is 278 g/mol. The van der Waals surface area contributed by atoms with E-state index in [0.29, 0.717) is 6.42 Å². The molecule has 1 aliphatic heterocycles. The van der Waals surface area contributed by atoms with Gasteiger partial charge < -0.3 is 15.0 Å². The van der Waals surface area contributed by atoms with Crippen molar-refractivity contribution in [3.8, 4) is 0 Å². The number of carbonyl (C=O) groups excluding carboxylic acids is 2. The molecule has 1 fully saturated rings. The van der Waals surface area contributed by atoms with Crippen molar-refractivity contribution in [2.45, 2.75) is 19.4 Å². The van der Waals surface area contributed by atoms with Crippen molar-refractivity contribution in [2.24, 2.45) is 0 Å². The SMILES string of the molecule is CCOC(=O)NCC(=O)N(C)C1CCS(=O)(=O)C1. The van der Waals surface area contributed by atoms with Crippen LogP contribution in [0.5, 0.6) is 0 Å². The molecule has 0 aliphatic carbocycles. The Kier molecular flexibility index (Phi) is 4.94. The molecule has 1 unspecified atom stereocenters. The second-order valence-electron chi connectivity index (χ2n) is 4.14. The van der Waals surface area contributed by atoms with Gasteiger partial charge in [-0.25, -0.2) is 13.2 Å². The van der Waals surface area contributed by atoms with Gasteiger partial charge in [-0.2, -0.15) is 0 Å². The lowest BCUT2D eigenvalue weighted by molar-refractivity contribution is -0.130. The minimum Gasteiger partial charge on any atom is -0.450 e. The Morgan fingerprint density at radius 1 is 1.44 bits per heavy atom. The first kappa shape index (κ1) is 14.7. The smallest absolute Gasteiger partial charge is 0.407 e. The number of sulfone groups is 1. The van der Waals surface area contributed by atoms with Crippen molar-refractivity contribution in [3.63, 3.8) is 0 Å². The summed E-state index contributed by atoms with van der Waals surface area (Å²) >= 11 is 0. The van der Waals surface area contributed by atoms with Gasteiger partial charge in [0.15, 0.2) is 9.84 Å². The second-order valence-corrected chi connectivity index (χ2v) is 6.36. The van der Waals surface area contributed by atoms with Gasteiger partial charge >= 0.3 is 6.09 Å². The largest absolute Gasteiger partial charge is 0.450 e. The summed E-state index contributed by atoms with van der Waals surface area (Å²) in [5, 5.41) is 2.31. The highest BCUT2D eigenvalue weighted by molar-refractivity contribution is 7.91. The number of hydrogen-bond acceptors (Lipinski definition) is 5. The van der Waals surface area contributed by atoms with Crippen molar-refractivity contribution < 1.29 is 22.7 Å². The number of nitrogens with one attached hydrogen (secondary N) is 1. The normalized spacial score (nSPS) is 21.3. The van der Waals surface area contributed by atoms with Crippen LogP contribution in [-0.4, -0.2) is 63.1 Å². The minimum absolute atomic E-state index is 0.00531. The van der Waals surface area contributed by atoms with Gasteiger partial charge in [-0.05, 0) is 13.3 Å². The van der Waals surface area contributed by atoms with Gasteiger partial charge in [0, 0.05) is 13.1 Å².